The Morgan fingerprint density at radius 1 is 0.914 bits per heavy atom. The van der Waals surface area contributed by atoms with Crippen molar-refractivity contribution in [1.82, 2.24) is 9.88 Å². The number of carbonyl (C=O) groups excluding carboxylic acids is 2. The SMILES string of the molecule is O=C(C1CC1)C1CCN(C(=O)c2cnc3cc(F)c(F)cc3c2N2CCC3(CC2)OCCO3)CC1. The number of amides is 1. The van der Waals surface area contributed by atoms with Crippen LogP contribution in [0.25, 0.3) is 10.9 Å². The van der Waals surface area contributed by atoms with Gasteiger partial charge in [0.1, 0.15) is 5.78 Å². The second-order valence-electron chi connectivity index (χ2n) is 10.1. The van der Waals surface area contributed by atoms with Crippen LogP contribution in [0.5, 0.6) is 0 Å². The molecule has 0 unspecified atom stereocenters. The number of carbonyl (C=O) groups is 2. The second kappa shape index (κ2) is 8.78. The standard InChI is InChI=1S/C26H29F2N3O4/c27-20-13-18-22(14-21(20)28)29-15-19(23(18)30-9-5-26(6-10-30)34-11-12-35-26)25(33)31-7-3-17(4-8-31)24(32)16-1-2-16/h13-17H,1-12H2. The monoisotopic (exact) mass is 485 g/mol. The number of anilines is 1. The number of ether oxygens (including phenoxy) is 2. The van der Waals surface area contributed by atoms with Gasteiger partial charge in [-0.05, 0) is 31.7 Å². The van der Waals surface area contributed by atoms with Crippen molar-refractivity contribution in [2.45, 2.75) is 44.3 Å². The molecule has 186 valence electrons. The number of hydrogen-bond donors (Lipinski definition) is 0. The predicted octanol–water partition coefficient (Wildman–Crippen LogP) is 3.69. The van der Waals surface area contributed by atoms with Crippen LogP contribution in [0.4, 0.5) is 14.5 Å². The topological polar surface area (TPSA) is 72.0 Å². The zero-order valence-corrected chi connectivity index (χ0v) is 19.6. The highest BCUT2D eigenvalue weighted by molar-refractivity contribution is 6.07. The van der Waals surface area contributed by atoms with Gasteiger partial charge in [0.2, 0.25) is 0 Å². The molecule has 9 heteroatoms. The van der Waals surface area contributed by atoms with Gasteiger partial charge < -0.3 is 19.3 Å². The zero-order chi connectivity index (χ0) is 24.2. The Hall–Kier alpha value is -2.65. The highest BCUT2D eigenvalue weighted by atomic mass is 19.2. The van der Waals surface area contributed by atoms with Crippen LogP contribution in [0, 0.1) is 23.5 Å². The van der Waals surface area contributed by atoms with Crippen molar-refractivity contribution in [2.75, 3.05) is 44.3 Å². The molecular weight excluding hydrogens is 456 g/mol. The van der Waals surface area contributed by atoms with E-state index in [0.29, 0.717) is 93.0 Å². The van der Waals surface area contributed by atoms with Crippen molar-refractivity contribution in [3.8, 4) is 0 Å². The van der Waals surface area contributed by atoms with Crippen LogP contribution in [0.1, 0.15) is 48.9 Å². The van der Waals surface area contributed by atoms with Crippen molar-refractivity contribution < 1.29 is 27.8 Å². The number of aromatic nitrogens is 1. The van der Waals surface area contributed by atoms with Gasteiger partial charge in [0.15, 0.2) is 17.4 Å². The summed E-state index contributed by atoms with van der Waals surface area (Å²) in [7, 11) is 0. The van der Waals surface area contributed by atoms with E-state index < -0.39 is 17.4 Å². The number of halogens is 2. The molecule has 4 fully saturated rings. The highest BCUT2D eigenvalue weighted by Gasteiger charge is 2.41. The summed E-state index contributed by atoms with van der Waals surface area (Å²) in [6.07, 6.45) is 6.02. The van der Waals surface area contributed by atoms with E-state index in [1.807, 2.05) is 4.90 Å². The van der Waals surface area contributed by atoms with Gasteiger partial charge in [-0.2, -0.15) is 0 Å². The minimum atomic E-state index is -0.972. The van der Waals surface area contributed by atoms with Crippen LogP contribution in [-0.2, 0) is 14.3 Å². The lowest BCUT2D eigenvalue weighted by Gasteiger charge is -2.40. The number of pyridine rings is 1. The van der Waals surface area contributed by atoms with Crippen LogP contribution >= 0.6 is 0 Å². The molecule has 1 aliphatic carbocycles. The quantitative estimate of drug-likeness (QED) is 0.658. The molecule has 0 bridgehead atoms. The van der Waals surface area contributed by atoms with E-state index in [1.54, 1.807) is 4.90 Å². The van der Waals surface area contributed by atoms with E-state index in [0.717, 1.165) is 25.0 Å². The van der Waals surface area contributed by atoms with Gasteiger partial charge in [-0.3, -0.25) is 14.6 Å². The Bertz CT molecular complexity index is 1160. The van der Waals surface area contributed by atoms with Crippen LogP contribution in [0.2, 0.25) is 0 Å². The average molecular weight is 486 g/mol. The van der Waals surface area contributed by atoms with E-state index in [4.69, 9.17) is 9.47 Å². The maximum Gasteiger partial charge on any atom is 0.257 e. The molecule has 1 aromatic heterocycles. The molecule has 0 atom stereocenters. The number of hydrogen-bond acceptors (Lipinski definition) is 6. The average Bonchev–Trinajstić information content (AvgIpc) is 3.64. The number of ketones is 1. The highest BCUT2D eigenvalue weighted by Crippen LogP contribution is 2.39. The van der Waals surface area contributed by atoms with E-state index in [-0.39, 0.29) is 17.7 Å². The van der Waals surface area contributed by atoms with Crippen LogP contribution in [-0.4, -0.2) is 66.8 Å². The normalized spacial score (nSPS) is 22.8. The minimum absolute atomic E-state index is 0.0301. The number of benzene rings is 1. The first-order valence-electron chi connectivity index (χ1n) is 12.6. The number of likely N-dealkylation sites (tertiary alicyclic amines) is 1. The Morgan fingerprint density at radius 3 is 2.20 bits per heavy atom. The third-order valence-electron chi connectivity index (χ3n) is 7.93. The molecule has 35 heavy (non-hydrogen) atoms. The molecule has 0 N–H and O–H groups in total. The fourth-order valence-corrected chi connectivity index (χ4v) is 5.77. The zero-order valence-electron chi connectivity index (χ0n) is 19.6. The molecule has 0 radical (unpaired) electrons. The minimum Gasteiger partial charge on any atom is -0.370 e. The first-order valence-corrected chi connectivity index (χ1v) is 12.6. The van der Waals surface area contributed by atoms with Gasteiger partial charge in [-0.15, -0.1) is 0 Å². The number of piperidine rings is 2. The molecule has 3 saturated heterocycles. The fraction of sp³-hybridized carbons (Fsp3) is 0.577. The van der Waals surface area contributed by atoms with E-state index >= 15 is 0 Å². The van der Waals surface area contributed by atoms with Crippen molar-refractivity contribution in [3.05, 3.63) is 35.5 Å². The van der Waals surface area contributed by atoms with Gasteiger partial charge >= 0.3 is 0 Å². The lowest BCUT2D eigenvalue weighted by molar-refractivity contribution is -0.169. The molecule has 7 nitrogen and oxygen atoms in total. The van der Waals surface area contributed by atoms with Crippen LogP contribution in [0.15, 0.2) is 18.3 Å². The van der Waals surface area contributed by atoms with Gasteiger partial charge in [-0.1, -0.05) is 0 Å². The molecule has 4 heterocycles. The van der Waals surface area contributed by atoms with Crippen molar-refractivity contribution >= 4 is 28.3 Å². The van der Waals surface area contributed by atoms with Crippen molar-refractivity contribution in [2.24, 2.45) is 11.8 Å². The summed E-state index contributed by atoms with van der Waals surface area (Å²) in [5.41, 5.74) is 1.25. The molecule has 1 aromatic carbocycles. The maximum absolute atomic E-state index is 14.3. The second-order valence-corrected chi connectivity index (χ2v) is 10.1. The molecule has 1 saturated carbocycles. The summed E-state index contributed by atoms with van der Waals surface area (Å²) in [4.78, 5) is 34.3. The van der Waals surface area contributed by atoms with E-state index in [1.165, 1.54) is 6.20 Å². The third kappa shape index (κ3) is 4.18. The van der Waals surface area contributed by atoms with Crippen molar-refractivity contribution in [1.29, 1.82) is 0 Å². The maximum atomic E-state index is 14.3. The molecule has 1 amide bonds. The molecular formula is C26H29F2N3O4. The first kappa shape index (κ1) is 22.8. The van der Waals surface area contributed by atoms with Crippen LogP contribution in [0.3, 0.4) is 0 Å². The Labute approximate surface area is 202 Å². The Morgan fingerprint density at radius 2 is 1.54 bits per heavy atom. The molecule has 4 aliphatic rings. The van der Waals surface area contributed by atoms with Crippen molar-refractivity contribution in [3.63, 3.8) is 0 Å². The Kier molecular flexibility index (Phi) is 5.72. The van der Waals surface area contributed by atoms with Gasteiger partial charge in [0, 0.05) is 68.5 Å². The largest absolute Gasteiger partial charge is 0.370 e. The summed E-state index contributed by atoms with van der Waals surface area (Å²) >= 11 is 0. The molecule has 1 spiro atoms. The predicted molar refractivity (Wildman–Crippen MR) is 124 cm³/mol. The number of rotatable bonds is 4. The van der Waals surface area contributed by atoms with Crippen LogP contribution < -0.4 is 4.90 Å². The summed E-state index contributed by atoms with van der Waals surface area (Å²) in [5.74, 6) is -2.13. The summed E-state index contributed by atoms with van der Waals surface area (Å²) < 4.78 is 40.0. The number of fused-ring (bicyclic) bond motifs is 1. The third-order valence-corrected chi connectivity index (χ3v) is 7.93. The molecule has 6 rings (SSSR count). The van der Waals surface area contributed by atoms with Gasteiger partial charge in [0.25, 0.3) is 5.91 Å². The van der Waals surface area contributed by atoms with Gasteiger partial charge in [0.05, 0.1) is 30.0 Å². The number of nitrogens with zero attached hydrogens (tertiary/aromatic N) is 3. The summed E-state index contributed by atoms with van der Waals surface area (Å²) in [6, 6.07) is 2.21. The lowest BCUT2D eigenvalue weighted by Crippen LogP contribution is -2.46. The van der Waals surface area contributed by atoms with E-state index in [2.05, 4.69) is 4.98 Å². The lowest BCUT2D eigenvalue weighted by atomic mass is 9.90. The number of Topliss-reactive ketones (excluding diaryl/α,β-unsaturated/α-hetero) is 1. The summed E-state index contributed by atoms with van der Waals surface area (Å²) in [5, 5.41) is 0.415. The first-order chi connectivity index (χ1) is 16.9. The van der Waals surface area contributed by atoms with E-state index in [9.17, 15) is 18.4 Å². The summed E-state index contributed by atoms with van der Waals surface area (Å²) in [6.45, 7) is 3.23. The smallest absolute Gasteiger partial charge is 0.257 e. The molecule has 3 aliphatic heterocycles. The Balaban J connectivity index is 1.30. The fourth-order valence-electron chi connectivity index (χ4n) is 5.77. The molecule has 2 aromatic rings. The van der Waals surface area contributed by atoms with Gasteiger partial charge in [-0.25, -0.2) is 8.78 Å².